The van der Waals surface area contributed by atoms with Gasteiger partial charge >= 0.3 is 0 Å². The lowest BCUT2D eigenvalue weighted by atomic mass is 9.74. The van der Waals surface area contributed by atoms with E-state index >= 15 is 0 Å². The molecule has 296 valence electrons. The number of carbonyl (C=O) groups excluding carboxylic acids is 2. The van der Waals surface area contributed by atoms with Gasteiger partial charge in [0.1, 0.15) is 0 Å². The number of amides is 2. The van der Waals surface area contributed by atoms with Crippen molar-refractivity contribution in [3.8, 4) is 0 Å². The Kier molecular flexibility index (Phi) is 12.3. The Bertz CT molecular complexity index is 2100. The number of rotatable bonds is 13. The van der Waals surface area contributed by atoms with Gasteiger partial charge in [-0.25, -0.2) is 9.67 Å². The van der Waals surface area contributed by atoms with Crippen molar-refractivity contribution in [2.45, 2.75) is 85.5 Å². The van der Waals surface area contributed by atoms with Gasteiger partial charge in [-0.05, 0) is 93.9 Å². The van der Waals surface area contributed by atoms with E-state index in [1.54, 1.807) is 6.07 Å². The summed E-state index contributed by atoms with van der Waals surface area (Å²) < 4.78 is 7.55. The second kappa shape index (κ2) is 17.5. The predicted molar refractivity (Wildman–Crippen MR) is 224 cm³/mol. The Balaban J connectivity index is 1.09. The lowest BCUT2D eigenvalue weighted by molar-refractivity contribution is 0.0904. The second-order valence-electron chi connectivity index (χ2n) is 15.9. The molecule has 2 amide bonds. The number of pyridine rings is 1. The summed E-state index contributed by atoms with van der Waals surface area (Å²) >= 11 is 0. The molecule has 1 unspecified atom stereocenters. The number of aromatic nitrogens is 3. The molecule has 56 heavy (non-hydrogen) atoms. The molecule has 11 nitrogen and oxygen atoms in total. The highest BCUT2D eigenvalue weighted by atomic mass is 16.5. The molecular formula is C45H58N8O3. The van der Waals surface area contributed by atoms with E-state index in [2.05, 4.69) is 101 Å². The molecule has 2 aromatic heterocycles. The molecular weight excluding hydrogens is 701 g/mol. The van der Waals surface area contributed by atoms with Crippen LogP contribution in [0.4, 0.5) is 5.69 Å². The molecule has 4 N–H and O–H groups in total. The van der Waals surface area contributed by atoms with Gasteiger partial charge in [-0.1, -0.05) is 49.4 Å². The lowest BCUT2D eigenvalue weighted by Gasteiger charge is -2.42. The molecule has 2 atom stereocenters. The van der Waals surface area contributed by atoms with Crippen molar-refractivity contribution < 1.29 is 14.3 Å². The van der Waals surface area contributed by atoms with Gasteiger partial charge in [-0.3, -0.25) is 14.5 Å². The summed E-state index contributed by atoms with van der Waals surface area (Å²) in [5, 5.41) is 19.4. The quantitative estimate of drug-likeness (QED) is 0.126. The van der Waals surface area contributed by atoms with E-state index in [-0.39, 0.29) is 23.3 Å². The number of carbonyl (C=O) groups is 2. The number of anilines is 1. The predicted octanol–water partition coefficient (Wildman–Crippen LogP) is 6.29. The summed E-state index contributed by atoms with van der Waals surface area (Å²) in [6.07, 6.45) is 9.77. The van der Waals surface area contributed by atoms with E-state index in [1.165, 1.54) is 16.7 Å². The van der Waals surface area contributed by atoms with Crippen molar-refractivity contribution in [3.63, 3.8) is 0 Å². The SMILES string of the molecule is CCc1nc2c(cnn2CC)c(NC2CCOCC2)c1CNC(=O)c1cc(C)cc(C(=O)NCC2(CN3CCN[C@@H](C)C3)C=CC(C)=C(c3ccccc3)C2)c1. The highest BCUT2D eigenvalue weighted by Crippen LogP contribution is 2.40. The van der Waals surface area contributed by atoms with E-state index < -0.39 is 0 Å². The van der Waals surface area contributed by atoms with Crippen LogP contribution in [0.25, 0.3) is 16.6 Å². The highest BCUT2D eigenvalue weighted by Gasteiger charge is 2.35. The van der Waals surface area contributed by atoms with Crippen LogP contribution >= 0.6 is 0 Å². The summed E-state index contributed by atoms with van der Waals surface area (Å²) in [5.74, 6) is -0.422. The van der Waals surface area contributed by atoms with E-state index in [4.69, 9.17) is 9.72 Å². The number of ether oxygens (including phenoxy) is 1. The molecule has 0 saturated carbocycles. The number of hydrogen-bond acceptors (Lipinski definition) is 8. The number of allylic oxidation sites excluding steroid dienone is 3. The molecule has 2 saturated heterocycles. The molecule has 2 aliphatic heterocycles. The molecule has 2 fully saturated rings. The maximum absolute atomic E-state index is 14.0. The maximum Gasteiger partial charge on any atom is 0.251 e. The Morgan fingerprint density at radius 1 is 1.02 bits per heavy atom. The first-order valence-electron chi connectivity index (χ1n) is 20.4. The Morgan fingerprint density at radius 3 is 2.48 bits per heavy atom. The lowest BCUT2D eigenvalue weighted by Crippen LogP contribution is -2.54. The zero-order valence-corrected chi connectivity index (χ0v) is 33.7. The first-order valence-corrected chi connectivity index (χ1v) is 20.4. The largest absolute Gasteiger partial charge is 0.381 e. The zero-order valence-electron chi connectivity index (χ0n) is 33.7. The third-order valence-corrected chi connectivity index (χ3v) is 11.6. The molecule has 3 aliphatic rings. The van der Waals surface area contributed by atoms with E-state index in [9.17, 15) is 9.59 Å². The third-order valence-electron chi connectivity index (χ3n) is 11.6. The summed E-state index contributed by atoms with van der Waals surface area (Å²) in [6, 6.07) is 16.7. The fraction of sp³-hybridized carbons (Fsp3) is 0.467. The Hall–Kier alpha value is -4.84. The van der Waals surface area contributed by atoms with Crippen LogP contribution in [0, 0.1) is 12.3 Å². The summed E-state index contributed by atoms with van der Waals surface area (Å²) in [7, 11) is 0. The van der Waals surface area contributed by atoms with Crippen LogP contribution in [0.5, 0.6) is 0 Å². The van der Waals surface area contributed by atoms with Crippen molar-refractivity contribution in [1.82, 2.24) is 35.6 Å². The number of hydrogen-bond donors (Lipinski definition) is 4. The van der Waals surface area contributed by atoms with Gasteiger partial charge in [-0.2, -0.15) is 5.10 Å². The van der Waals surface area contributed by atoms with Gasteiger partial charge in [0.2, 0.25) is 0 Å². The van der Waals surface area contributed by atoms with Crippen LogP contribution in [0.1, 0.15) is 90.1 Å². The van der Waals surface area contributed by atoms with Crippen molar-refractivity contribution in [1.29, 1.82) is 0 Å². The highest BCUT2D eigenvalue weighted by molar-refractivity contribution is 6.00. The minimum atomic E-state index is -0.294. The molecule has 1 aliphatic carbocycles. The topological polar surface area (TPSA) is 125 Å². The van der Waals surface area contributed by atoms with Crippen LogP contribution in [0.2, 0.25) is 0 Å². The number of fused-ring (bicyclic) bond motifs is 1. The maximum atomic E-state index is 14.0. The van der Waals surface area contributed by atoms with Gasteiger partial charge in [0.25, 0.3) is 11.8 Å². The smallest absolute Gasteiger partial charge is 0.251 e. The minimum absolute atomic E-state index is 0.185. The van der Waals surface area contributed by atoms with Crippen LogP contribution < -0.4 is 21.3 Å². The van der Waals surface area contributed by atoms with E-state index in [0.717, 1.165) is 79.0 Å². The van der Waals surface area contributed by atoms with Crippen molar-refractivity contribution in [2.75, 3.05) is 51.3 Å². The second-order valence-corrected chi connectivity index (χ2v) is 15.9. The van der Waals surface area contributed by atoms with Crippen molar-refractivity contribution >= 4 is 34.1 Å². The van der Waals surface area contributed by atoms with Crippen LogP contribution in [-0.2, 0) is 24.2 Å². The van der Waals surface area contributed by atoms with Gasteiger partial charge in [-0.15, -0.1) is 0 Å². The first-order chi connectivity index (χ1) is 27.1. The van der Waals surface area contributed by atoms with Gasteiger partial charge in [0, 0.05) is 98.9 Å². The number of nitrogens with zero attached hydrogens (tertiary/aromatic N) is 4. The molecule has 0 radical (unpaired) electrons. The molecule has 11 heteroatoms. The van der Waals surface area contributed by atoms with Crippen molar-refractivity contribution in [2.24, 2.45) is 5.41 Å². The average Bonchev–Trinajstić information content (AvgIpc) is 3.63. The molecule has 4 heterocycles. The molecule has 2 aromatic carbocycles. The van der Waals surface area contributed by atoms with Gasteiger partial charge in [0.05, 0.1) is 17.3 Å². The summed E-state index contributed by atoms with van der Waals surface area (Å²) in [6.45, 7) is 17.1. The standard InChI is InChI=1S/C45H58N8O3/c1-6-40-38(41(50-36-14-19-56-20-15-36)39-26-49-53(7-2)42(39)51-40)25-47-43(54)34-21-30(3)22-35(23-34)44(55)48-28-45(29-52-18-17-46-32(5)27-52)16-13-31(4)37(24-45)33-11-9-8-10-12-33/h8-13,16,21-23,26,32,36,46H,6-7,14-15,17-20,24-25,27-29H2,1-5H3,(H,47,54)(H,48,55)(H,50,51)/t32-,45?/m0/s1. The zero-order chi connectivity index (χ0) is 39.2. The Labute approximate surface area is 331 Å². The monoisotopic (exact) mass is 758 g/mol. The van der Waals surface area contributed by atoms with Crippen molar-refractivity contribution in [3.05, 3.63) is 106 Å². The number of nitrogens with one attached hydrogen (secondary N) is 4. The van der Waals surface area contributed by atoms with E-state index in [1.807, 2.05) is 29.9 Å². The number of aryl methyl sites for hydroxylation is 3. The fourth-order valence-corrected chi connectivity index (χ4v) is 8.58. The molecule has 0 bridgehead atoms. The average molecular weight is 759 g/mol. The first kappa shape index (κ1) is 39.4. The summed E-state index contributed by atoms with van der Waals surface area (Å²) in [4.78, 5) is 35.5. The van der Waals surface area contributed by atoms with E-state index in [0.29, 0.717) is 56.4 Å². The number of benzene rings is 2. The third kappa shape index (κ3) is 8.90. The fourth-order valence-electron chi connectivity index (χ4n) is 8.58. The van der Waals surface area contributed by atoms with Crippen LogP contribution in [-0.4, -0.2) is 89.5 Å². The molecule has 4 aromatic rings. The number of piperazine rings is 1. The molecule has 0 spiro atoms. The minimum Gasteiger partial charge on any atom is -0.381 e. The molecule has 7 rings (SSSR count). The van der Waals surface area contributed by atoms with Crippen LogP contribution in [0.15, 0.2) is 72.5 Å². The normalized spacial score (nSPS) is 20.7. The van der Waals surface area contributed by atoms with Gasteiger partial charge in [0.15, 0.2) is 5.65 Å². The van der Waals surface area contributed by atoms with Crippen LogP contribution in [0.3, 0.4) is 0 Å². The van der Waals surface area contributed by atoms with Gasteiger partial charge < -0.3 is 26.0 Å². The summed E-state index contributed by atoms with van der Waals surface area (Å²) in [5.41, 5.74) is 8.97. The Morgan fingerprint density at radius 2 is 1.77 bits per heavy atom.